The fraction of sp³-hybridized carbons (Fsp3) is 0.222. The number of benzene rings is 3. The first-order valence-corrected chi connectivity index (χ1v) is 14.4. The topological polar surface area (TPSA) is 49.3 Å². The lowest BCUT2D eigenvalue weighted by molar-refractivity contribution is 0.483. The summed E-state index contributed by atoms with van der Waals surface area (Å²) < 4.78 is 13.0. The van der Waals surface area contributed by atoms with Gasteiger partial charge in [-0.1, -0.05) is 65.8 Å². The van der Waals surface area contributed by atoms with Crippen LogP contribution in [0.5, 0.6) is 11.5 Å². The van der Waals surface area contributed by atoms with E-state index in [1.54, 1.807) is 0 Å². The summed E-state index contributed by atoms with van der Waals surface area (Å²) in [4.78, 5) is 9.44. The molecule has 0 amide bonds. The summed E-state index contributed by atoms with van der Waals surface area (Å²) in [6, 6.07) is 27.3. The summed E-state index contributed by atoms with van der Waals surface area (Å²) in [5.74, 6) is 3.31. The number of ether oxygens (including phenoxy) is 1. The molecule has 0 atom stereocenters. The molecule has 0 aliphatic heterocycles. The van der Waals surface area contributed by atoms with Crippen LogP contribution in [0.4, 0.5) is 0 Å². The van der Waals surface area contributed by atoms with Crippen molar-refractivity contribution in [3.8, 4) is 23.0 Å². The Morgan fingerprint density at radius 1 is 0.667 bits per heavy atom. The summed E-state index contributed by atoms with van der Waals surface area (Å²) >= 11 is 0. The third-order valence-electron chi connectivity index (χ3n) is 7.93. The van der Waals surface area contributed by atoms with Gasteiger partial charge < -0.3 is 4.74 Å². The van der Waals surface area contributed by atoms with Crippen molar-refractivity contribution in [1.82, 2.24) is 23.5 Å². The highest BCUT2D eigenvalue weighted by atomic mass is 16.5. The Balaban J connectivity index is 1.32. The summed E-state index contributed by atoms with van der Waals surface area (Å²) in [5, 5.41) is 2.35. The molecule has 42 heavy (non-hydrogen) atoms. The molecule has 0 spiro atoms. The maximum absolute atomic E-state index is 6.51. The van der Waals surface area contributed by atoms with Gasteiger partial charge in [-0.25, -0.2) is 9.97 Å². The first-order chi connectivity index (χ1) is 20.1. The van der Waals surface area contributed by atoms with Crippen LogP contribution in [-0.2, 0) is 10.8 Å². The molecule has 0 fully saturated rings. The third kappa shape index (κ3) is 4.35. The summed E-state index contributed by atoms with van der Waals surface area (Å²) in [6.45, 7) is 13.3. The lowest BCUT2D eigenvalue weighted by Crippen LogP contribution is -2.13. The minimum Gasteiger partial charge on any atom is -0.457 e. The minimum atomic E-state index is -0.0204. The van der Waals surface area contributed by atoms with E-state index in [1.807, 2.05) is 36.8 Å². The number of pyridine rings is 1. The van der Waals surface area contributed by atoms with Gasteiger partial charge in [0.25, 0.3) is 0 Å². The number of hydrogen-bond donors (Lipinski definition) is 0. The Bertz CT molecular complexity index is 2100. The van der Waals surface area contributed by atoms with E-state index in [4.69, 9.17) is 9.72 Å². The van der Waals surface area contributed by atoms with Crippen LogP contribution >= 0.6 is 0 Å². The Morgan fingerprint density at radius 2 is 1.45 bits per heavy atom. The Morgan fingerprint density at radius 3 is 2.26 bits per heavy atom. The van der Waals surface area contributed by atoms with E-state index in [0.717, 1.165) is 39.8 Å². The average Bonchev–Trinajstić information content (AvgIpc) is 3.65. The normalized spacial score (nSPS) is 12.5. The number of rotatable bonds is 4. The predicted molar refractivity (Wildman–Crippen MR) is 171 cm³/mol. The number of imidazole rings is 2. The molecule has 7 aromatic rings. The second-order valence-electron chi connectivity index (χ2n) is 13.0. The van der Waals surface area contributed by atoms with Crippen molar-refractivity contribution in [1.29, 1.82) is 0 Å². The molecule has 0 bridgehead atoms. The quantitative estimate of drug-likeness (QED) is 0.219. The highest BCUT2D eigenvalue weighted by Gasteiger charge is 2.22. The van der Waals surface area contributed by atoms with E-state index in [-0.39, 0.29) is 10.8 Å². The molecule has 0 aliphatic rings. The molecule has 4 aromatic heterocycles. The molecule has 0 radical (unpaired) electrons. The Kier molecular flexibility index (Phi) is 5.80. The van der Waals surface area contributed by atoms with E-state index in [2.05, 4.69) is 127 Å². The molecule has 0 saturated heterocycles. The molecule has 3 aromatic carbocycles. The van der Waals surface area contributed by atoms with Gasteiger partial charge in [-0.15, -0.1) is 0 Å². The number of fused-ring (bicyclic) bond motifs is 4. The monoisotopic (exact) mass is 553 g/mol. The summed E-state index contributed by atoms with van der Waals surface area (Å²) in [6.07, 6.45) is 7.95. The minimum absolute atomic E-state index is 0.0189. The zero-order valence-electron chi connectivity index (χ0n) is 25.0. The zero-order valence-corrected chi connectivity index (χ0v) is 25.0. The average molecular weight is 554 g/mol. The fourth-order valence-electron chi connectivity index (χ4n) is 5.75. The maximum Gasteiger partial charge on any atom is 0.218 e. The van der Waals surface area contributed by atoms with Crippen LogP contribution in [0, 0.1) is 0 Å². The van der Waals surface area contributed by atoms with E-state index in [1.165, 1.54) is 22.0 Å². The van der Waals surface area contributed by atoms with Crippen LogP contribution in [0.15, 0.2) is 104 Å². The maximum atomic E-state index is 6.51. The molecule has 7 rings (SSSR count). The van der Waals surface area contributed by atoms with Crippen molar-refractivity contribution >= 4 is 27.6 Å². The molecular weight excluding hydrogens is 518 g/mol. The van der Waals surface area contributed by atoms with E-state index >= 15 is 0 Å². The van der Waals surface area contributed by atoms with Gasteiger partial charge in [0.1, 0.15) is 17.3 Å². The molecular formula is C36H35N5O. The van der Waals surface area contributed by atoms with Gasteiger partial charge in [-0.05, 0) is 53.4 Å². The summed E-state index contributed by atoms with van der Waals surface area (Å²) in [5.41, 5.74) is 5.62. The molecule has 4 heterocycles. The van der Waals surface area contributed by atoms with Crippen molar-refractivity contribution in [2.45, 2.75) is 52.4 Å². The molecule has 6 heteroatoms. The smallest absolute Gasteiger partial charge is 0.218 e. The van der Waals surface area contributed by atoms with Crippen LogP contribution in [0.2, 0.25) is 0 Å². The molecule has 0 saturated carbocycles. The number of aromatic nitrogens is 5. The summed E-state index contributed by atoms with van der Waals surface area (Å²) in [7, 11) is 0. The van der Waals surface area contributed by atoms with Crippen molar-refractivity contribution in [3.05, 3.63) is 115 Å². The van der Waals surface area contributed by atoms with Crippen LogP contribution in [0.25, 0.3) is 39.1 Å². The zero-order chi connectivity index (χ0) is 29.2. The van der Waals surface area contributed by atoms with Gasteiger partial charge in [-0.2, -0.15) is 0 Å². The molecule has 210 valence electrons. The second-order valence-corrected chi connectivity index (χ2v) is 13.0. The SMILES string of the molecule is CC(C)(C)c1ccnc(-n2c3ccccc3c3ccc(Oc4cccc(-n5cc(C(C)(C)C)n6ccnc56)c4)cc32)c1. The molecule has 6 nitrogen and oxygen atoms in total. The lowest BCUT2D eigenvalue weighted by Gasteiger charge is -2.20. The second kappa shape index (κ2) is 9.35. The number of para-hydroxylation sites is 1. The van der Waals surface area contributed by atoms with Crippen molar-refractivity contribution in [2.75, 3.05) is 0 Å². The van der Waals surface area contributed by atoms with Crippen LogP contribution in [0.3, 0.4) is 0 Å². The van der Waals surface area contributed by atoms with Gasteiger partial charge in [0.2, 0.25) is 5.78 Å². The number of nitrogens with zero attached hydrogens (tertiary/aromatic N) is 5. The molecule has 0 unspecified atom stereocenters. The van der Waals surface area contributed by atoms with Gasteiger partial charge >= 0.3 is 0 Å². The van der Waals surface area contributed by atoms with Gasteiger partial charge in [0, 0.05) is 58.8 Å². The first-order valence-electron chi connectivity index (χ1n) is 14.4. The van der Waals surface area contributed by atoms with Gasteiger partial charge in [0.05, 0.1) is 16.7 Å². The van der Waals surface area contributed by atoms with Crippen molar-refractivity contribution in [2.24, 2.45) is 0 Å². The van der Waals surface area contributed by atoms with Crippen molar-refractivity contribution in [3.63, 3.8) is 0 Å². The highest BCUT2D eigenvalue weighted by Crippen LogP contribution is 2.36. The van der Waals surface area contributed by atoms with Crippen LogP contribution < -0.4 is 4.74 Å². The standard InChI is InChI=1S/C36H35N5O/c1-35(2,3)24-16-17-37-33(20-24)41-30-13-8-7-12-28(30)29-15-14-27(22-31(29)41)42-26-11-9-10-25(21-26)40-23-32(36(4,5)6)39-19-18-38-34(39)40/h7-23H,1-6H3. The first kappa shape index (κ1) is 26.1. The van der Waals surface area contributed by atoms with E-state index in [0.29, 0.717) is 0 Å². The lowest BCUT2D eigenvalue weighted by atomic mass is 9.88. The van der Waals surface area contributed by atoms with E-state index < -0.39 is 0 Å². The van der Waals surface area contributed by atoms with Gasteiger partial charge in [-0.3, -0.25) is 13.5 Å². The highest BCUT2D eigenvalue weighted by molar-refractivity contribution is 6.09. The fourth-order valence-corrected chi connectivity index (χ4v) is 5.75. The largest absolute Gasteiger partial charge is 0.457 e. The predicted octanol–water partition coefficient (Wildman–Crippen LogP) is 9.00. The molecule has 0 aliphatic carbocycles. The van der Waals surface area contributed by atoms with E-state index in [9.17, 15) is 0 Å². The van der Waals surface area contributed by atoms with Crippen LogP contribution in [-0.4, -0.2) is 23.5 Å². The molecule has 0 N–H and O–H groups in total. The van der Waals surface area contributed by atoms with Crippen molar-refractivity contribution < 1.29 is 4.74 Å². The Labute approximate surface area is 245 Å². The number of hydrogen-bond acceptors (Lipinski definition) is 3. The third-order valence-corrected chi connectivity index (χ3v) is 7.93. The Hall–Kier alpha value is -4.84. The van der Waals surface area contributed by atoms with Crippen LogP contribution in [0.1, 0.15) is 52.8 Å². The van der Waals surface area contributed by atoms with Gasteiger partial charge in [0.15, 0.2) is 0 Å².